The Bertz CT molecular complexity index is 541. The van der Waals surface area contributed by atoms with Crippen LogP contribution in [0.15, 0.2) is 24.3 Å². The summed E-state index contributed by atoms with van der Waals surface area (Å²) in [5.74, 6) is 0.269. The van der Waals surface area contributed by atoms with Crippen LogP contribution in [-0.4, -0.2) is 23.0 Å². The van der Waals surface area contributed by atoms with Gasteiger partial charge in [-0.1, -0.05) is 29.8 Å². The third kappa shape index (κ3) is 2.20. The quantitative estimate of drug-likeness (QED) is 0.806. The standard InChI is InChI=1S/C13H14N2O2/c1-8-4-6-10(7-5-8)11-12(13(16)17-3)15-9(2)14-11/h4-7H,1-3H3,(H,14,15). The summed E-state index contributed by atoms with van der Waals surface area (Å²) in [5.41, 5.74) is 3.13. The molecule has 0 saturated heterocycles. The van der Waals surface area contributed by atoms with Gasteiger partial charge in [-0.15, -0.1) is 0 Å². The highest BCUT2D eigenvalue weighted by atomic mass is 16.5. The molecule has 0 saturated carbocycles. The molecule has 0 fully saturated rings. The predicted molar refractivity (Wildman–Crippen MR) is 64.8 cm³/mol. The van der Waals surface area contributed by atoms with Gasteiger partial charge in [0.2, 0.25) is 0 Å². The monoisotopic (exact) mass is 230 g/mol. The number of carbonyl (C=O) groups excluding carboxylic acids is 1. The number of hydrogen-bond acceptors (Lipinski definition) is 3. The molecule has 0 spiro atoms. The molecule has 0 aliphatic rings. The minimum atomic E-state index is -0.426. The molecular weight excluding hydrogens is 216 g/mol. The van der Waals surface area contributed by atoms with Crippen LogP contribution in [-0.2, 0) is 4.74 Å². The molecule has 88 valence electrons. The minimum Gasteiger partial charge on any atom is -0.464 e. The van der Waals surface area contributed by atoms with Gasteiger partial charge in [0.05, 0.1) is 12.8 Å². The summed E-state index contributed by atoms with van der Waals surface area (Å²) >= 11 is 0. The van der Waals surface area contributed by atoms with E-state index in [1.165, 1.54) is 12.7 Å². The second kappa shape index (κ2) is 4.41. The van der Waals surface area contributed by atoms with Gasteiger partial charge in [-0.3, -0.25) is 0 Å². The van der Waals surface area contributed by atoms with Crippen molar-refractivity contribution >= 4 is 5.97 Å². The third-order valence-corrected chi connectivity index (χ3v) is 2.54. The van der Waals surface area contributed by atoms with Gasteiger partial charge >= 0.3 is 5.97 Å². The van der Waals surface area contributed by atoms with E-state index < -0.39 is 5.97 Å². The number of esters is 1. The molecule has 1 aromatic carbocycles. The predicted octanol–water partition coefficient (Wildman–Crippen LogP) is 2.48. The lowest BCUT2D eigenvalue weighted by Crippen LogP contribution is -2.03. The number of nitrogens with zero attached hydrogens (tertiary/aromatic N) is 1. The maximum Gasteiger partial charge on any atom is 0.358 e. The Morgan fingerprint density at radius 1 is 1.24 bits per heavy atom. The molecule has 1 aromatic heterocycles. The number of methoxy groups -OCH3 is 1. The van der Waals surface area contributed by atoms with Crippen LogP contribution >= 0.6 is 0 Å². The summed E-state index contributed by atoms with van der Waals surface area (Å²) < 4.78 is 4.71. The average molecular weight is 230 g/mol. The maximum absolute atomic E-state index is 11.6. The van der Waals surface area contributed by atoms with E-state index in [-0.39, 0.29) is 0 Å². The Morgan fingerprint density at radius 3 is 2.47 bits per heavy atom. The number of imidazole rings is 1. The van der Waals surface area contributed by atoms with Crippen molar-refractivity contribution in [2.24, 2.45) is 0 Å². The van der Waals surface area contributed by atoms with E-state index in [0.29, 0.717) is 17.2 Å². The number of aryl methyl sites for hydroxylation is 2. The fraction of sp³-hybridized carbons (Fsp3) is 0.231. The van der Waals surface area contributed by atoms with Crippen molar-refractivity contribution in [3.8, 4) is 11.3 Å². The van der Waals surface area contributed by atoms with E-state index in [2.05, 4.69) is 9.97 Å². The molecule has 1 heterocycles. The number of ether oxygens (including phenoxy) is 1. The number of aromatic amines is 1. The lowest BCUT2D eigenvalue weighted by Gasteiger charge is -2.01. The molecule has 0 bridgehead atoms. The van der Waals surface area contributed by atoms with Gasteiger partial charge in [-0.05, 0) is 13.8 Å². The molecule has 0 aliphatic carbocycles. The number of hydrogen-bond donors (Lipinski definition) is 1. The van der Waals surface area contributed by atoms with Crippen LogP contribution in [0.4, 0.5) is 0 Å². The fourth-order valence-corrected chi connectivity index (χ4v) is 1.67. The second-order valence-electron chi connectivity index (χ2n) is 3.90. The molecule has 0 atom stereocenters. The van der Waals surface area contributed by atoms with E-state index in [1.54, 1.807) is 0 Å². The third-order valence-electron chi connectivity index (χ3n) is 2.54. The van der Waals surface area contributed by atoms with Crippen LogP contribution in [0.5, 0.6) is 0 Å². The van der Waals surface area contributed by atoms with Crippen molar-refractivity contribution in [2.45, 2.75) is 13.8 Å². The van der Waals surface area contributed by atoms with Gasteiger partial charge in [-0.25, -0.2) is 9.78 Å². The summed E-state index contributed by atoms with van der Waals surface area (Å²) in [7, 11) is 1.35. The zero-order valence-electron chi connectivity index (χ0n) is 10.1. The van der Waals surface area contributed by atoms with Gasteiger partial charge in [0.15, 0.2) is 5.69 Å². The van der Waals surface area contributed by atoms with E-state index in [0.717, 1.165) is 5.56 Å². The van der Waals surface area contributed by atoms with E-state index in [4.69, 9.17) is 4.74 Å². The van der Waals surface area contributed by atoms with Crippen LogP contribution in [0, 0.1) is 13.8 Å². The van der Waals surface area contributed by atoms with Gasteiger partial charge in [0, 0.05) is 5.56 Å². The normalized spacial score (nSPS) is 10.3. The summed E-state index contributed by atoms with van der Waals surface area (Å²) in [6.07, 6.45) is 0. The highest BCUT2D eigenvalue weighted by Crippen LogP contribution is 2.22. The maximum atomic E-state index is 11.6. The molecule has 4 heteroatoms. The number of carbonyl (C=O) groups is 1. The smallest absolute Gasteiger partial charge is 0.358 e. The molecule has 0 radical (unpaired) electrons. The largest absolute Gasteiger partial charge is 0.464 e. The van der Waals surface area contributed by atoms with Crippen molar-refractivity contribution in [2.75, 3.05) is 7.11 Å². The SMILES string of the molecule is COC(=O)c1nc(C)[nH]c1-c1ccc(C)cc1. The lowest BCUT2D eigenvalue weighted by molar-refractivity contribution is 0.0595. The van der Waals surface area contributed by atoms with Crippen LogP contribution in [0.3, 0.4) is 0 Å². The van der Waals surface area contributed by atoms with E-state index in [1.807, 2.05) is 38.1 Å². The highest BCUT2D eigenvalue weighted by molar-refractivity contribution is 5.94. The first-order chi connectivity index (χ1) is 8.11. The molecular formula is C13H14N2O2. The highest BCUT2D eigenvalue weighted by Gasteiger charge is 2.17. The second-order valence-corrected chi connectivity index (χ2v) is 3.90. The Morgan fingerprint density at radius 2 is 1.88 bits per heavy atom. The average Bonchev–Trinajstić information content (AvgIpc) is 2.71. The first-order valence-electron chi connectivity index (χ1n) is 5.34. The summed E-state index contributed by atoms with van der Waals surface area (Å²) in [6, 6.07) is 7.89. The zero-order valence-corrected chi connectivity index (χ0v) is 10.1. The van der Waals surface area contributed by atoms with Gasteiger partial charge in [-0.2, -0.15) is 0 Å². The zero-order chi connectivity index (χ0) is 12.4. The first-order valence-corrected chi connectivity index (χ1v) is 5.34. The molecule has 0 unspecified atom stereocenters. The van der Waals surface area contributed by atoms with Crippen LogP contribution in [0.1, 0.15) is 21.9 Å². The van der Waals surface area contributed by atoms with Crippen LogP contribution < -0.4 is 0 Å². The van der Waals surface area contributed by atoms with E-state index in [9.17, 15) is 4.79 Å². The van der Waals surface area contributed by atoms with Crippen molar-refractivity contribution in [1.82, 2.24) is 9.97 Å². The Kier molecular flexibility index (Phi) is 2.95. The fourth-order valence-electron chi connectivity index (χ4n) is 1.67. The van der Waals surface area contributed by atoms with Crippen molar-refractivity contribution in [3.63, 3.8) is 0 Å². The molecule has 0 amide bonds. The van der Waals surface area contributed by atoms with Gasteiger partial charge in [0.1, 0.15) is 5.82 Å². The molecule has 2 aromatic rings. The number of aromatic nitrogens is 2. The Hall–Kier alpha value is -2.10. The van der Waals surface area contributed by atoms with Crippen molar-refractivity contribution < 1.29 is 9.53 Å². The van der Waals surface area contributed by atoms with Crippen LogP contribution in [0.25, 0.3) is 11.3 Å². The van der Waals surface area contributed by atoms with E-state index >= 15 is 0 Å². The van der Waals surface area contributed by atoms with Crippen molar-refractivity contribution in [1.29, 1.82) is 0 Å². The van der Waals surface area contributed by atoms with Crippen molar-refractivity contribution in [3.05, 3.63) is 41.3 Å². The lowest BCUT2D eigenvalue weighted by atomic mass is 10.1. The number of nitrogens with one attached hydrogen (secondary N) is 1. The number of rotatable bonds is 2. The molecule has 0 aliphatic heterocycles. The number of benzene rings is 1. The Labute approximate surface area is 99.7 Å². The van der Waals surface area contributed by atoms with Gasteiger partial charge in [0.25, 0.3) is 0 Å². The summed E-state index contributed by atoms with van der Waals surface area (Å²) in [4.78, 5) is 18.8. The first kappa shape index (κ1) is 11.4. The molecule has 4 nitrogen and oxygen atoms in total. The molecule has 2 rings (SSSR count). The van der Waals surface area contributed by atoms with Crippen LogP contribution in [0.2, 0.25) is 0 Å². The molecule has 1 N–H and O–H groups in total. The molecule has 17 heavy (non-hydrogen) atoms. The number of H-pyrrole nitrogens is 1. The minimum absolute atomic E-state index is 0.328. The topological polar surface area (TPSA) is 55.0 Å². The summed E-state index contributed by atoms with van der Waals surface area (Å²) in [5, 5.41) is 0. The van der Waals surface area contributed by atoms with Gasteiger partial charge < -0.3 is 9.72 Å². The Balaban J connectivity index is 2.51. The summed E-state index contributed by atoms with van der Waals surface area (Å²) in [6.45, 7) is 3.83.